The second kappa shape index (κ2) is 9.67. The van der Waals surface area contributed by atoms with Gasteiger partial charge in [0.2, 0.25) is 5.91 Å². The summed E-state index contributed by atoms with van der Waals surface area (Å²) >= 11 is 0. The minimum Gasteiger partial charge on any atom is -0.352 e. The standard InChI is InChI=1S/C23H31N3O/c1-18(22(24)21-8-4-2-5-9-21)23(27)25-16-19-10-12-20(13-11-19)17-26-14-6-3-7-15-26/h2,4-5,8-13,18,22H,3,6-7,14-17,24H2,1H3,(H,25,27). The van der Waals surface area contributed by atoms with Gasteiger partial charge in [-0.2, -0.15) is 0 Å². The maximum atomic E-state index is 12.5. The van der Waals surface area contributed by atoms with Crippen LogP contribution in [0.1, 0.15) is 48.9 Å². The molecule has 0 aliphatic carbocycles. The number of rotatable bonds is 7. The van der Waals surface area contributed by atoms with E-state index in [4.69, 9.17) is 5.73 Å². The fraction of sp³-hybridized carbons (Fsp3) is 0.435. The molecular formula is C23H31N3O. The van der Waals surface area contributed by atoms with E-state index in [9.17, 15) is 4.79 Å². The molecule has 1 fully saturated rings. The van der Waals surface area contributed by atoms with Crippen LogP contribution in [0.25, 0.3) is 0 Å². The number of hydrogen-bond donors (Lipinski definition) is 2. The fourth-order valence-electron chi connectivity index (χ4n) is 3.62. The Kier molecular flexibility index (Phi) is 7.02. The van der Waals surface area contributed by atoms with Crippen molar-refractivity contribution in [1.82, 2.24) is 10.2 Å². The molecule has 3 rings (SSSR count). The Morgan fingerprint density at radius 2 is 1.63 bits per heavy atom. The molecular weight excluding hydrogens is 334 g/mol. The number of nitrogens with one attached hydrogen (secondary N) is 1. The van der Waals surface area contributed by atoms with Crippen LogP contribution in [0.4, 0.5) is 0 Å². The van der Waals surface area contributed by atoms with Gasteiger partial charge < -0.3 is 11.1 Å². The summed E-state index contributed by atoms with van der Waals surface area (Å²) in [6.45, 7) is 5.85. The van der Waals surface area contributed by atoms with E-state index in [1.807, 2.05) is 37.3 Å². The lowest BCUT2D eigenvalue weighted by Gasteiger charge is -2.26. The molecule has 2 unspecified atom stereocenters. The van der Waals surface area contributed by atoms with Crippen molar-refractivity contribution in [2.75, 3.05) is 13.1 Å². The van der Waals surface area contributed by atoms with Crippen LogP contribution in [0.2, 0.25) is 0 Å². The lowest BCUT2D eigenvalue weighted by molar-refractivity contribution is -0.125. The van der Waals surface area contributed by atoms with E-state index in [-0.39, 0.29) is 17.9 Å². The Hall–Kier alpha value is -2.17. The molecule has 0 bridgehead atoms. The Morgan fingerprint density at radius 3 is 2.30 bits per heavy atom. The molecule has 1 heterocycles. The molecule has 1 saturated heterocycles. The molecule has 144 valence electrons. The molecule has 2 aromatic rings. The second-order valence-corrected chi connectivity index (χ2v) is 7.60. The zero-order valence-electron chi connectivity index (χ0n) is 16.2. The van der Waals surface area contributed by atoms with Gasteiger partial charge in [0.1, 0.15) is 0 Å². The van der Waals surface area contributed by atoms with Crippen LogP contribution in [-0.4, -0.2) is 23.9 Å². The van der Waals surface area contributed by atoms with Crippen LogP contribution in [0.3, 0.4) is 0 Å². The average molecular weight is 366 g/mol. The van der Waals surface area contributed by atoms with Gasteiger partial charge >= 0.3 is 0 Å². The Bertz CT molecular complexity index is 708. The Labute approximate surface area is 162 Å². The SMILES string of the molecule is CC(C(=O)NCc1ccc(CN2CCCCC2)cc1)C(N)c1ccccc1. The number of hydrogen-bond acceptors (Lipinski definition) is 3. The van der Waals surface area contributed by atoms with Gasteiger partial charge in [0, 0.05) is 19.1 Å². The molecule has 2 atom stereocenters. The highest BCUT2D eigenvalue weighted by atomic mass is 16.1. The van der Waals surface area contributed by atoms with E-state index in [1.54, 1.807) is 0 Å². The maximum Gasteiger partial charge on any atom is 0.225 e. The van der Waals surface area contributed by atoms with Gasteiger partial charge in [-0.1, -0.05) is 67.9 Å². The van der Waals surface area contributed by atoms with E-state index in [0.29, 0.717) is 6.54 Å². The highest BCUT2D eigenvalue weighted by Gasteiger charge is 2.21. The molecule has 0 saturated carbocycles. The molecule has 0 aromatic heterocycles. The van der Waals surface area contributed by atoms with Gasteiger partial charge in [-0.25, -0.2) is 0 Å². The molecule has 1 amide bonds. The second-order valence-electron chi connectivity index (χ2n) is 7.60. The van der Waals surface area contributed by atoms with Crippen LogP contribution in [0.15, 0.2) is 54.6 Å². The molecule has 1 aliphatic heterocycles. The first kappa shape index (κ1) is 19.6. The third-order valence-corrected chi connectivity index (χ3v) is 5.48. The van der Waals surface area contributed by atoms with Crippen molar-refractivity contribution in [3.63, 3.8) is 0 Å². The van der Waals surface area contributed by atoms with Crippen molar-refractivity contribution in [3.05, 3.63) is 71.3 Å². The normalized spacial score (nSPS) is 17.3. The minimum atomic E-state index is -0.293. The number of carbonyl (C=O) groups excluding carboxylic acids is 1. The van der Waals surface area contributed by atoms with Gasteiger partial charge in [-0.15, -0.1) is 0 Å². The average Bonchev–Trinajstić information content (AvgIpc) is 2.73. The lowest BCUT2D eigenvalue weighted by atomic mass is 9.94. The first-order chi connectivity index (χ1) is 13.1. The monoisotopic (exact) mass is 365 g/mol. The number of carbonyl (C=O) groups is 1. The van der Waals surface area contributed by atoms with E-state index >= 15 is 0 Å². The molecule has 1 aliphatic rings. The van der Waals surface area contributed by atoms with Crippen LogP contribution >= 0.6 is 0 Å². The fourth-order valence-corrected chi connectivity index (χ4v) is 3.62. The van der Waals surface area contributed by atoms with Gasteiger partial charge in [-0.3, -0.25) is 9.69 Å². The summed E-state index contributed by atoms with van der Waals surface area (Å²) in [7, 11) is 0. The maximum absolute atomic E-state index is 12.5. The summed E-state index contributed by atoms with van der Waals surface area (Å²) in [6, 6.07) is 18.1. The lowest BCUT2D eigenvalue weighted by Crippen LogP contribution is -2.35. The van der Waals surface area contributed by atoms with Gasteiger partial charge in [-0.05, 0) is 42.6 Å². The van der Waals surface area contributed by atoms with Gasteiger partial charge in [0.15, 0.2) is 0 Å². The van der Waals surface area contributed by atoms with Crippen molar-refractivity contribution in [1.29, 1.82) is 0 Å². The van der Waals surface area contributed by atoms with Crippen LogP contribution in [-0.2, 0) is 17.9 Å². The summed E-state index contributed by atoms with van der Waals surface area (Å²) in [5, 5.41) is 3.02. The largest absolute Gasteiger partial charge is 0.352 e. The van der Waals surface area contributed by atoms with E-state index < -0.39 is 0 Å². The summed E-state index contributed by atoms with van der Waals surface area (Å²) in [5.41, 5.74) is 9.70. The zero-order chi connectivity index (χ0) is 19.1. The molecule has 4 heteroatoms. The first-order valence-corrected chi connectivity index (χ1v) is 10.0. The zero-order valence-corrected chi connectivity index (χ0v) is 16.2. The smallest absolute Gasteiger partial charge is 0.225 e. The van der Waals surface area contributed by atoms with Crippen molar-refractivity contribution < 1.29 is 4.79 Å². The van der Waals surface area contributed by atoms with Crippen molar-refractivity contribution in [3.8, 4) is 0 Å². The summed E-state index contributed by atoms with van der Waals surface area (Å²) in [6.07, 6.45) is 3.99. The molecule has 2 aromatic carbocycles. The Morgan fingerprint density at radius 1 is 1.00 bits per heavy atom. The molecule has 0 radical (unpaired) electrons. The summed E-state index contributed by atoms with van der Waals surface area (Å²) in [5.74, 6) is -0.283. The van der Waals surface area contributed by atoms with E-state index in [1.165, 1.54) is 37.9 Å². The molecule has 3 N–H and O–H groups in total. The number of benzene rings is 2. The van der Waals surface area contributed by atoms with Crippen LogP contribution in [0.5, 0.6) is 0 Å². The van der Waals surface area contributed by atoms with E-state index in [2.05, 4.69) is 34.5 Å². The summed E-state index contributed by atoms with van der Waals surface area (Å²) < 4.78 is 0. The minimum absolute atomic E-state index is 0.0104. The van der Waals surface area contributed by atoms with Crippen molar-refractivity contribution >= 4 is 5.91 Å². The number of likely N-dealkylation sites (tertiary alicyclic amines) is 1. The molecule has 0 spiro atoms. The summed E-state index contributed by atoms with van der Waals surface area (Å²) in [4.78, 5) is 15.0. The first-order valence-electron chi connectivity index (χ1n) is 10.0. The number of piperidine rings is 1. The predicted molar refractivity (Wildman–Crippen MR) is 110 cm³/mol. The third kappa shape index (κ3) is 5.65. The topological polar surface area (TPSA) is 58.4 Å². The van der Waals surface area contributed by atoms with Gasteiger partial charge in [0.05, 0.1) is 5.92 Å². The molecule has 4 nitrogen and oxygen atoms in total. The van der Waals surface area contributed by atoms with E-state index in [0.717, 1.165) is 17.7 Å². The number of nitrogens with two attached hydrogens (primary N) is 1. The predicted octanol–water partition coefficient (Wildman–Crippen LogP) is 3.62. The van der Waals surface area contributed by atoms with Crippen LogP contribution < -0.4 is 11.1 Å². The highest BCUT2D eigenvalue weighted by Crippen LogP contribution is 2.19. The van der Waals surface area contributed by atoms with Gasteiger partial charge in [0.25, 0.3) is 0 Å². The van der Waals surface area contributed by atoms with Crippen LogP contribution in [0, 0.1) is 5.92 Å². The Balaban J connectivity index is 1.48. The van der Waals surface area contributed by atoms with Crippen molar-refractivity contribution in [2.45, 2.75) is 45.3 Å². The van der Waals surface area contributed by atoms with Crippen molar-refractivity contribution in [2.24, 2.45) is 11.7 Å². The quantitative estimate of drug-likeness (QED) is 0.788. The third-order valence-electron chi connectivity index (χ3n) is 5.48. The number of amides is 1. The highest BCUT2D eigenvalue weighted by molar-refractivity contribution is 5.79. The number of nitrogens with zero attached hydrogens (tertiary/aromatic N) is 1. The molecule has 27 heavy (non-hydrogen) atoms.